The van der Waals surface area contributed by atoms with Crippen molar-refractivity contribution in [2.24, 2.45) is 5.73 Å². The first-order valence-corrected chi connectivity index (χ1v) is 8.85. The number of carbonyl (C=O) groups is 2. The topological polar surface area (TPSA) is 109 Å². The molecule has 5 N–H and O–H groups in total. The molecule has 0 unspecified atom stereocenters. The molecule has 0 fully saturated rings. The van der Waals surface area contributed by atoms with Crippen LogP contribution in [-0.2, 0) is 4.79 Å². The van der Waals surface area contributed by atoms with E-state index in [4.69, 9.17) is 10.5 Å². The number of aryl methyl sites for hydroxylation is 1. The number of aromatic amines is 1. The highest BCUT2D eigenvalue weighted by molar-refractivity contribution is 6.35. The number of nitrogens with two attached hydrogens (primary N) is 1. The number of nitrogens with one attached hydrogen (secondary N) is 3. The predicted octanol–water partition coefficient (Wildman–Crippen LogP) is 2.21. The summed E-state index contributed by atoms with van der Waals surface area (Å²) in [4.78, 5) is 28.1. The zero-order valence-corrected chi connectivity index (χ0v) is 15.7. The number of aromatic nitrogens is 1. The number of carbonyl (C=O) groups excluding carboxylic acids is 2. The minimum Gasteiger partial charge on any atom is -0.497 e. The van der Waals surface area contributed by atoms with E-state index < -0.39 is 0 Å². The largest absolute Gasteiger partial charge is 0.497 e. The molecule has 1 aromatic heterocycles. The Labute approximate surface area is 158 Å². The number of hydrogen-bond donors (Lipinski definition) is 4. The Balaban J connectivity index is 1.94. The van der Waals surface area contributed by atoms with Gasteiger partial charge in [-0.1, -0.05) is 0 Å². The third-order valence-electron chi connectivity index (χ3n) is 4.67. The van der Waals surface area contributed by atoms with Crippen LogP contribution in [0.2, 0.25) is 0 Å². The maximum absolute atomic E-state index is 12.5. The summed E-state index contributed by atoms with van der Waals surface area (Å²) in [6.45, 7) is 4.78. The van der Waals surface area contributed by atoms with Crippen LogP contribution < -0.4 is 21.1 Å². The minimum absolute atomic E-state index is 0.139. The van der Waals surface area contributed by atoms with E-state index in [1.165, 1.54) is 0 Å². The maximum Gasteiger partial charge on any atom is 0.256 e. The summed E-state index contributed by atoms with van der Waals surface area (Å²) in [6, 6.07) is 5.46. The Morgan fingerprint density at radius 2 is 2.11 bits per heavy atom. The fourth-order valence-corrected chi connectivity index (χ4v) is 3.24. The van der Waals surface area contributed by atoms with Crippen molar-refractivity contribution in [3.8, 4) is 5.75 Å². The number of hydrogen-bond acceptors (Lipinski definition) is 4. The van der Waals surface area contributed by atoms with Crippen LogP contribution in [0.1, 0.15) is 39.3 Å². The molecule has 3 rings (SSSR count). The molecule has 27 heavy (non-hydrogen) atoms. The van der Waals surface area contributed by atoms with Crippen LogP contribution in [0.4, 0.5) is 5.69 Å². The molecule has 1 aliphatic heterocycles. The SMILES string of the molecule is COc1ccc2c(c1)NC(=O)/C2=C\c1[nH]c(C)c(C(=O)NCCCN)c1C. The zero-order valence-electron chi connectivity index (χ0n) is 15.7. The smallest absolute Gasteiger partial charge is 0.256 e. The van der Waals surface area contributed by atoms with Crippen LogP contribution in [0.15, 0.2) is 18.2 Å². The molecule has 0 radical (unpaired) electrons. The zero-order chi connectivity index (χ0) is 19.6. The molecule has 7 nitrogen and oxygen atoms in total. The molecule has 2 aromatic rings. The van der Waals surface area contributed by atoms with Gasteiger partial charge in [-0.15, -0.1) is 0 Å². The molecule has 2 amide bonds. The molecule has 0 saturated heterocycles. The molecule has 142 valence electrons. The lowest BCUT2D eigenvalue weighted by Crippen LogP contribution is -2.26. The Morgan fingerprint density at radius 1 is 1.33 bits per heavy atom. The summed E-state index contributed by atoms with van der Waals surface area (Å²) in [5, 5.41) is 5.72. The monoisotopic (exact) mass is 368 g/mol. The van der Waals surface area contributed by atoms with Gasteiger partial charge in [0.05, 0.1) is 23.9 Å². The molecule has 0 aliphatic carbocycles. The van der Waals surface area contributed by atoms with Gasteiger partial charge in [0.2, 0.25) is 0 Å². The lowest BCUT2D eigenvalue weighted by atomic mass is 10.0. The first-order valence-electron chi connectivity index (χ1n) is 8.85. The molecule has 2 heterocycles. The normalized spacial score (nSPS) is 14.2. The second-order valence-electron chi connectivity index (χ2n) is 6.49. The molecule has 0 atom stereocenters. The van der Waals surface area contributed by atoms with E-state index in [1.807, 2.05) is 26.0 Å². The summed E-state index contributed by atoms with van der Waals surface area (Å²) < 4.78 is 5.20. The molecular weight excluding hydrogens is 344 g/mol. The fourth-order valence-electron chi connectivity index (χ4n) is 3.24. The first-order chi connectivity index (χ1) is 13.0. The summed E-state index contributed by atoms with van der Waals surface area (Å²) in [5.74, 6) is 0.359. The number of benzene rings is 1. The van der Waals surface area contributed by atoms with Crippen molar-refractivity contribution in [3.63, 3.8) is 0 Å². The molecule has 1 aliphatic rings. The van der Waals surface area contributed by atoms with Gasteiger partial charge in [-0.25, -0.2) is 0 Å². The van der Waals surface area contributed by atoms with E-state index in [9.17, 15) is 9.59 Å². The van der Waals surface area contributed by atoms with Crippen molar-refractivity contribution in [2.75, 3.05) is 25.5 Å². The highest BCUT2D eigenvalue weighted by Gasteiger charge is 2.26. The number of ether oxygens (including phenoxy) is 1. The van der Waals surface area contributed by atoms with Gasteiger partial charge in [-0.2, -0.15) is 0 Å². The van der Waals surface area contributed by atoms with Gasteiger partial charge in [0.1, 0.15) is 5.75 Å². The van der Waals surface area contributed by atoms with Crippen LogP contribution in [-0.4, -0.2) is 37.0 Å². The number of amides is 2. The van der Waals surface area contributed by atoms with Crippen molar-refractivity contribution in [1.82, 2.24) is 10.3 Å². The van der Waals surface area contributed by atoms with E-state index in [1.54, 1.807) is 19.3 Å². The van der Waals surface area contributed by atoms with E-state index >= 15 is 0 Å². The molecule has 0 spiro atoms. The molecule has 1 aromatic carbocycles. The van der Waals surface area contributed by atoms with Gasteiger partial charge in [0.15, 0.2) is 0 Å². The van der Waals surface area contributed by atoms with Crippen molar-refractivity contribution in [2.45, 2.75) is 20.3 Å². The van der Waals surface area contributed by atoms with Crippen LogP contribution in [0.3, 0.4) is 0 Å². The van der Waals surface area contributed by atoms with E-state index in [0.29, 0.717) is 35.7 Å². The van der Waals surface area contributed by atoms with E-state index in [-0.39, 0.29) is 11.8 Å². The summed E-state index contributed by atoms with van der Waals surface area (Å²) in [6.07, 6.45) is 2.51. The standard InChI is InChI=1S/C20H24N4O3/c1-11-16(23-12(2)18(11)20(26)22-8-4-7-21)10-15-14-6-5-13(27-3)9-17(14)24-19(15)25/h5-6,9-10,23H,4,7-8,21H2,1-3H3,(H,22,26)(H,24,25)/b15-10-. The number of anilines is 1. The van der Waals surface area contributed by atoms with Crippen LogP contribution in [0.25, 0.3) is 11.6 Å². The number of fused-ring (bicyclic) bond motifs is 1. The summed E-state index contributed by atoms with van der Waals surface area (Å²) >= 11 is 0. The number of methoxy groups -OCH3 is 1. The molecular formula is C20H24N4O3. The third-order valence-corrected chi connectivity index (χ3v) is 4.67. The van der Waals surface area contributed by atoms with Crippen molar-refractivity contribution < 1.29 is 14.3 Å². The average Bonchev–Trinajstić information content (AvgIpc) is 3.10. The number of H-pyrrole nitrogens is 1. The Hall–Kier alpha value is -3.06. The minimum atomic E-state index is -0.182. The Bertz CT molecular complexity index is 928. The molecule has 7 heteroatoms. The summed E-state index contributed by atoms with van der Waals surface area (Å²) in [5.41, 5.74) is 10.4. The van der Waals surface area contributed by atoms with Crippen LogP contribution >= 0.6 is 0 Å². The first kappa shape index (κ1) is 18.7. The van der Waals surface area contributed by atoms with Gasteiger partial charge in [-0.3, -0.25) is 9.59 Å². The van der Waals surface area contributed by atoms with Crippen molar-refractivity contribution in [1.29, 1.82) is 0 Å². The van der Waals surface area contributed by atoms with Gasteiger partial charge in [-0.05, 0) is 50.6 Å². The van der Waals surface area contributed by atoms with Crippen molar-refractivity contribution >= 4 is 29.2 Å². The van der Waals surface area contributed by atoms with Crippen LogP contribution in [0, 0.1) is 13.8 Å². The molecule has 0 bridgehead atoms. The van der Waals surface area contributed by atoms with Gasteiger partial charge in [0.25, 0.3) is 11.8 Å². The second-order valence-corrected chi connectivity index (χ2v) is 6.49. The average molecular weight is 368 g/mol. The third kappa shape index (κ3) is 3.59. The fraction of sp³-hybridized carbons (Fsp3) is 0.300. The van der Waals surface area contributed by atoms with Crippen LogP contribution in [0.5, 0.6) is 5.75 Å². The predicted molar refractivity (Wildman–Crippen MR) is 106 cm³/mol. The number of rotatable bonds is 6. The Kier molecular flexibility index (Phi) is 5.32. The van der Waals surface area contributed by atoms with E-state index in [0.717, 1.165) is 28.9 Å². The lowest BCUT2D eigenvalue weighted by molar-refractivity contribution is -0.110. The Morgan fingerprint density at radius 3 is 2.81 bits per heavy atom. The van der Waals surface area contributed by atoms with Gasteiger partial charge < -0.3 is 26.1 Å². The van der Waals surface area contributed by atoms with E-state index in [2.05, 4.69) is 15.6 Å². The van der Waals surface area contributed by atoms with Gasteiger partial charge in [0, 0.05) is 29.6 Å². The quantitative estimate of drug-likeness (QED) is 0.463. The highest BCUT2D eigenvalue weighted by Crippen LogP contribution is 2.36. The lowest BCUT2D eigenvalue weighted by Gasteiger charge is -2.05. The second kappa shape index (κ2) is 7.67. The van der Waals surface area contributed by atoms with Gasteiger partial charge >= 0.3 is 0 Å². The molecule has 0 saturated carbocycles. The maximum atomic E-state index is 12.5. The van der Waals surface area contributed by atoms with Crippen molar-refractivity contribution in [3.05, 3.63) is 46.3 Å². The summed E-state index contributed by atoms with van der Waals surface area (Å²) in [7, 11) is 1.58. The highest BCUT2D eigenvalue weighted by atomic mass is 16.5.